The van der Waals surface area contributed by atoms with Gasteiger partial charge in [-0.25, -0.2) is 9.59 Å². The second kappa shape index (κ2) is 34.8. The van der Waals surface area contributed by atoms with Gasteiger partial charge in [-0.15, -0.1) is 22.9 Å². The fraction of sp³-hybridized carbons (Fsp3) is 0.660. The summed E-state index contributed by atoms with van der Waals surface area (Å²) in [6.45, 7) is 9.42. The number of fused-ring (bicyclic) bond motifs is 1. The SMILES string of the molecule is CCc1cccc(N(CC)C(=O)Cn2c(C(=O)N[C@H]3CC[C@H](C(=O)NCCCCCCNC(=O)OCCOCCOCCOC(=O)NCCOCCOCCCCCCCl)CC3)cc3sccc32)c1. The molecule has 0 spiro atoms. The van der Waals surface area contributed by atoms with Crippen molar-refractivity contribution in [1.82, 2.24) is 25.8 Å². The average Bonchev–Trinajstić information content (AvgIpc) is 3.96. The summed E-state index contributed by atoms with van der Waals surface area (Å²) in [5.74, 6) is 0.396. The third kappa shape index (κ3) is 22.4. The van der Waals surface area contributed by atoms with E-state index in [1.165, 1.54) is 0 Å². The molecule has 0 saturated heterocycles. The molecule has 0 atom stereocenters. The number of nitrogens with one attached hydrogen (secondary N) is 4. The Labute approximate surface area is 417 Å². The number of carbonyl (C=O) groups excluding carboxylic acids is 5. The first kappa shape index (κ1) is 57.1. The molecule has 386 valence electrons. The molecule has 0 aliphatic heterocycles. The molecule has 1 saturated carbocycles. The molecule has 2 aromatic heterocycles. The molecule has 69 heavy (non-hydrogen) atoms. The van der Waals surface area contributed by atoms with Gasteiger partial charge < -0.3 is 59.2 Å². The Balaban J connectivity index is 0.933. The van der Waals surface area contributed by atoms with Crippen molar-refractivity contribution in [3.8, 4) is 0 Å². The molecule has 1 aliphatic rings. The summed E-state index contributed by atoms with van der Waals surface area (Å²) in [7, 11) is 0. The van der Waals surface area contributed by atoms with E-state index in [4.69, 9.17) is 40.0 Å². The number of anilines is 1. The number of rotatable bonds is 36. The molecule has 3 aromatic rings. The lowest BCUT2D eigenvalue weighted by atomic mass is 9.85. The summed E-state index contributed by atoms with van der Waals surface area (Å²) in [5, 5.41) is 13.6. The number of likely N-dealkylation sites (N-methyl/N-ethyl adjacent to an activating group) is 1. The van der Waals surface area contributed by atoms with Crippen LogP contribution < -0.4 is 26.2 Å². The van der Waals surface area contributed by atoms with Crippen molar-refractivity contribution in [3.63, 3.8) is 0 Å². The maximum Gasteiger partial charge on any atom is 0.407 e. The van der Waals surface area contributed by atoms with E-state index < -0.39 is 12.2 Å². The molecule has 4 N–H and O–H groups in total. The van der Waals surface area contributed by atoms with Gasteiger partial charge in [-0.05, 0) is 99.9 Å². The third-order valence-electron chi connectivity index (χ3n) is 11.8. The van der Waals surface area contributed by atoms with Crippen LogP contribution in [0.2, 0.25) is 0 Å². The van der Waals surface area contributed by atoms with Crippen LogP contribution in [-0.2, 0) is 51.0 Å². The molecular weight excluding hydrogens is 928 g/mol. The lowest BCUT2D eigenvalue weighted by Crippen LogP contribution is -2.42. The molecule has 17 nitrogen and oxygen atoms in total. The fourth-order valence-electron chi connectivity index (χ4n) is 7.92. The number of amides is 5. The van der Waals surface area contributed by atoms with Gasteiger partial charge >= 0.3 is 12.2 Å². The van der Waals surface area contributed by atoms with Gasteiger partial charge in [0.1, 0.15) is 25.5 Å². The minimum Gasteiger partial charge on any atom is -0.447 e. The van der Waals surface area contributed by atoms with Crippen molar-refractivity contribution in [2.75, 3.05) is 103 Å². The van der Waals surface area contributed by atoms with Gasteiger partial charge in [0.25, 0.3) is 5.91 Å². The van der Waals surface area contributed by atoms with Crippen molar-refractivity contribution in [2.24, 2.45) is 5.92 Å². The van der Waals surface area contributed by atoms with E-state index in [-0.39, 0.29) is 62.7 Å². The van der Waals surface area contributed by atoms with Crippen LogP contribution >= 0.6 is 22.9 Å². The molecule has 5 amide bonds. The Morgan fingerprint density at radius 1 is 0.681 bits per heavy atom. The molecular formula is C50H77ClN6O11S. The number of hydrogen-bond donors (Lipinski definition) is 4. The second-order valence-electron chi connectivity index (χ2n) is 16.9. The van der Waals surface area contributed by atoms with Crippen molar-refractivity contribution in [2.45, 2.75) is 110 Å². The number of benzene rings is 1. The van der Waals surface area contributed by atoms with Crippen molar-refractivity contribution >= 4 is 68.7 Å². The summed E-state index contributed by atoms with van der Waals surface area (Å²) in [4.78, 5) is 65.8. The van der Waals surface area contributed by atoms with Crippen molar-refractivity contribution < 1.29 is 52.4 Å². The minimum absolute atomic E-state index is 0.0471. The molecule has 2 heterocycles. The van der Waals surface area contributed by atoms with Crippen LogP contribution in [0.4, 0.5) is 15.3 Å². The highest BCUT2D eigenvalue weighted by molar-refractivity contribution is 7.17. The van der Waals surface area contributed by atoms with Gasteiger partial charge in [-0.3, -0.25) is 14.4 Å². The highest BCUT2D eigenvalue weighted by Crippen LogP contribution is 2.28. The van der Waals surface area contributed by atoms with E-state index in [1.807, 2.05) is 47.2 Å². The Hall–Kier alpha value is -4.46. The number of aryl methyl sites for hydroxylation is 1. The molecule has 4 rings (SSSR count). The van der Waals surface area contributed by atoms with Crippen LogP contribution in [0.25, 0.3) is 10.2 Å². The number of thiophene rings is 1. The molecule has 1 fully saturated rings. The third-order valence-corrected chi connectivity index (χ3v) is 12.9. The smallest absolute Gasteiger partial charge is 0.407 e. The van der Waals surface area contributed by atoms with Crippen LogP contribution in [0.15, 0.2) is 41.8 Å². The van der Waals surface area contributed by atoms with Crippen LogP contribution in [0.5, 0.6) is 0 Å². The molecule has 19 heteroatoms. The number of alkyl halides is 1. The van der Waals surface area contributed by atoms with E-state index in [0.29, 0.717) is 103 Å². The molecule has 0 unspecified atom stereocenters. The number of hydrogen-bond acceptors (Lipinski definition) is 12. The zero-order chi connectivity index (χ0) is 49.3. The predicted molar refractivity (Wildman–Crippen MR) is 270 cm³/mol. The van der Waals surface area contributed by atoms with Crippen LogP contribution in [-0.4, -0.2) is 139 Å². The van der Waals surface area contributed by atoms with E-state index in [9.17, 15) is 24.0 Å². The Bertz CT molecular complexity index is 1940. The number of ether oxygens (including phenoxy) is 6. The number of halogens is 1. The zero-order valence-corrected chi connectivity index (χ0v) is 42.4. The normalized spacial score (nSPS) is 14.6. The summed E-state index contributed by atoms with van der Waals surface area (Å²) in [6.07, 6.45) is 10.4. The first-order valence-corrected chi connectivity index (χ1v) is 26.4. The van der Waals surface area contributed by atoms with E-state index >= 15 is 0 Å². The fourth-order valence-corrected chi connectivity index (χ4v) is 8.93. The summed E-state index contributed by atoms with van der Waals surface area (Å²) in [5.41, 5.74) is 3.36. The highest BCUT2D eigenvalue weighted by atomic mass is 35.5. The number of nitrogens with zero attached hydrogens (tertiary/aromatic N) is 2. The molecule has 0 radical (unpaired) electrons. The van der Waals surface area contributed by atoms with Crippen LogP contribution in [0.3, 0.4) is 0 Å². The summed E-state index contributed by atoms with van der Waals surface area (Å²) >= 11 is 7.21. The lowest BCUT2D eigenvalue weighted by molar-refractivity contribution is -0.126. The number of alkyl carbamates (subject to hydrolysis) is 2. The largest absolute Gasteiger partial charge is 0.447 e. The van der Waals surface area contributed by atoms with Gasteiger partial charge in [-0.1, -0.05) is 44.7 Å². The van der Waals surface area contributed by atoms with Gasteiger partial charge in [-0.2, -0.15) is 0 Å². The maximum atomic E-state index is 13.7. The number of unbranched alkanes of at least 4 members (excludes halogenated alkanes) is 6. The van der Waals surface area contributed by atoms with Gasteiger partial charge in [0.05, 0.1) is 56.5 Å². The van der Waals surface area contributed by atoms with E-state index in [0.717, 1.165) is 79.3 Å². The standard InChI is InChI=1S/C50H77ClN6O11S/c1-3-39-14-13-15-42(36-39)56(4-2)46(58)38-57-43-20-35-69-45(43)37-44(57)48(60)55-41-18-16-40(17-19-41)47(59)52-22-10-6-7-11-23-53-49(61)67-33-31-65-29-30-66-32-34-68-50(62)54-24-26-64-28-27-63-25-12-8-5-9-21-51/h13-15,20,35-37,40-41H,3-12,16-19,21-34,38H2,1-2H3,(H,52,59)(H,53,61)(H,54,62)(H,55,60)/t40-,41-. The van der Waals surface area contributed by atoms with E-state index in [1.54, 1.807) is 16.2 Å². The highest BCUT2D eigenvalue weighted by Gasteiger charge is 2.29. The van der Waals surface area contributed by atoms with Crippen molar-refractivity contribution in [3.05, 3.63) is 53.0 Å². The van der Waals surface area contributed by atoms with Gasteiger partial charge in [0.2, 0.25) is 11.8 Å². The van der Waals surface area contributed by atoms with E-state index in [2.05, 4.69) is 34.3 Å². The zero-order valence-electron chi connectivity index (χ0n) is 40.9. The quantitative estimate of drug-likeness (QED) is 0.0331. The van der Waals surface area contributed by atoms with Crippen LogP contribution in [0.1, 0.15) is 107 Å². The summed E-state index contributed by atoms with van der Waals surface area (Å²) < 4.78 is 34.7. The maximum absolute atomic E-state index is 13.7. The molecule has 1 aliphatic carbocycles. The monoisotopic (exact) mass is 1000 g/mol. The Morgan fingerprint density at radius 2 is 1.29 bits per heavy atom. The van der Waals surface area contributed by atoms with Crippen molar-refractivity contribution in [1.29, 1.82) is 0 Å². The molecule has 1 aromatic carbocycles. The number of aromatic nitrogens is 1. The predicted octanol–water partition coefficient (Wildman–Crippen LogP) is 7.60. The van der Waals surface area contributed by atoms with Crippen LogP contribution in [0, 0.1) is 5.92 Å². The minimum atomic E-state index is -0.537. The summed E-state index contributed by atoms with van der Waals surface area (Å²) in [6, 6.07) is 11.8. The topological polar surface area (TPSA) is 197 Å². The molecule has 0 bridgehead atoms. The lowest BCUT2D eigenvalue weighted by Gasteiger charge is -2.28. The Morgan fingerprint density at radius 3 is 1.96 bits per heavy atom. The average molecular weight is 1010 g/mol. The van der Waals surface area contributed by atoms with Gasteiger partial charge in [0, 0.05) is 56.3 Å². The first-order valence-electron chi connectivity index (χ1n) is 25.0. The van der Waals surface area contributed by atoms with Gasteiger partial charge in [0.15, 0.2) is 0 Å². The first-order chi connectivity index (χ1) is 33.7. The Kier molecular flexibility index (Phi) is 28.8. The second-order valence-corrected chi connectivity index (χ2v) is 18.2. The number of carbonyl (C=O) groups is 5.